The first-order valence-corrected chi connectivity index (χ1v) is 15.7. The zero-order valence-corrected chi connectivity index (χ0v) is 25.6. The van der Waals surface area contributed by atoms with Gasteiger partial charge >= 0.3 is 0 Å². The summed E-state index contributed by atoms with van der Waals surface area (Å²) in [5.74, 6) is -0.484. The largest absolute Gasteiger partial charge is 0.289 e. The molecule has 4 nitrogen and oxygen atoms in total. The topological polar surface area (TPSA) is 68.3 Å². The van der Waals surface area contributed by atoms with E-state index in [0.717, 1.165) is 33.4 Å². The maximum Gasteiger partial charge on any atom is 0.194 e. The lowest BCUT2D eigenvalue weighted by Gasteiger charge is -2.17. The molecule has 48 heavy (non-hydrogen) atoms. The molecule has 0 unspecified atom stereocenters. The standard InChI is InChI=1S/C44H26O4/c45-41-33-5-1-3-7-35(33)43(47)39-25-29(17-23-37(39)41)11-9-27-13-19-31(20-14-27)32-21-15-28(16-22-32)10-12-30-18-24-38-40(26-30)44(48)36-8-4-2-6-34(36)42(38)46/h1-26H/b11-9+,12-10+. The van der Waals surface area contributed by atoms with Crippen molar-refractivity contribution in [1.29, 1.82) is 0 Å². The molecule has 2 aliphatic carbocycles. The van der Waals surface area contributed by atoms with Crippen LogP contribution in [0.1, 0.15) is 85.9 Å². The average Bonchev–Trinajstić information content (AvgIpc) is 3.14. The molecule has 0 bridgehead atoms. The van der Waals surface area contributed by atoms with Gasteiger partial charge in [0.15, 0.2) is 23.1 Å². The van der Waals surface area contributed by atoms with E-state index in [1.165, 1.54) is 0 Å². The van der Waals surface area contributed by atoms with Gasteiger partial charge in [0.25, 0.3) is 0 Å². The Kier molecular flexibility index (Phi) is 7.04. The predicted octanol–water partition coefficient (Wildman–Crippen LogP) is 9.25. The molecule has 6 aromatic rings. The molecule has 0 aromatic heterocycles. The molecule has 0 atom stereocenters. The minimum Gasteiger partial charge on any atom is -0.289 e. The molecule has 0 fully saturated rings. The smallest absolute Gasteiger partial charge is 0.194 e. The molecule has 0 saturated heterocycles. The fourth-order valence-corrected chi connectivity index (χ4v) is 6.40. The van der Waals surface area contributed by atoms with Gasteiger partial charge in [-0.05, 0) is 57.6 Å². The monoisotopic (exact) mass is 618 g/mol. The van der Waals surface area contributed by atoms with Gasteiger partial charge in [-0.1, -0.05) is 133 Å². The van der Waals surface area contributed by atoms with E-state index < -0.39 is 0 Å². The number of hydrogen-bond acceptors (Lipinski definition) is 4. The molecule has 0 N–H and O–H groups in total. The number of fused-ring (bicyclic) bond motifs is 4. The number of rotatable bonds is 5. The lowest BCUT2D eigenvalue weighted by Crippen LogP contribution is -2.20. The molecule has 8 rings (SSSR count). The first-order chi connectivity index (χ1) is 23.4. The maximum atomic E-state index is 13.1. The van der Waals surface area contributed by atoms with E-state index in [0.29, 0.717) is 44.5 Å². The van der Waals surface area contributed by atoms with Crippen LogP contribution in [0.5, 0.6) is 0 Å². The molecule has 0 heterocycles. The lowest BCUT2D eigenvalue weighted by atomic mass is 9.83. The van der Waals surface area contributed by atoms with Gasteiger partial charge in [0.1, 0.15) is 0 Å². The second-order valence-electron chi connectivity index (χ2n) is 11.9. The Bertz CT molecular complexity index is 2220. The van der Waals surface area contributed by atoms with Crippen molar-refractivity contribution in [3.05, 3.63) is 200 Å². The third-order valence-electron chi connectivity index (χ3n) is 8.99. The number of hydrogen-bond donors (Lipinski definition) is 0. The Balaban J connectivity index is 0.948. The molecule has 0 radical (unpaired) electrons. The van der Waals surface area contributed by atoms with Crippen LogP contribution in [0.2, 0.25) is 0 Å². The average molecular weight is 619 g/mol. The quantitative estimate of drug-likeness (QED) is 0.180. The van der Waals surface area contributed by atoms with Crippen molar-refractivity contribution in [2.45, 2.75) is 0 Å². The third kappa shape index (κ3) is 5.06. The minimum atomic E-state index is -0.124. The fraction of sp³-hybridized carbons (Fsp3) is 0. The highest BCUT2D eigenvalue weighted by Crippen LogP contribution is 2.30. The zero-order valence-electron chi connectivity index (χ0n) is 25.6. The Morgan fingerprint density at radius 2 is 0.542 bits per heavy atom. The van der Waals surface area contributed by atoms with Crippen LogP contribution in [0.15, 0.2) is 133 Å². The highest BCUT2D eigenvalue weighted by atomic mass is 16.1. The van der Waals surface area contributed by atoms with Crippen molar-refractivity contribution < 1.29 is 19.2 Å². The van der Waals surface area contributed by atoms with Crippen LogP contribution >= 0.6 is 0 Å². The summed E-state index contributed by atoms with van der Waals surface area (Å²) in [7, 11) is 0. The molecule has 0 amide bonds. The van der Waals surface area contributed by atoms with Crippen molar-refractivity contribution in [3.63, 3.8) is 0 Å². The first-order valence-electron chi connectivity index (χ1n) is 15.7. The minimum absolute atomic E-state index is 0.118. The lowest BCUT2D eigenvalue weighted by molar-refractivity contribution is 0.0979. The molecule has 6 aromatic carbocycles. The summed E-state index contributed by atoms with van der Waals surface area (Å²) in [6.45, 7) is 0. The van der Waals surface area contributed by atoms with Crippen molar-refractivity contribution in [2.75, 3.05) is 0 Å². The van der Waals surface area contributed by atoms with E-state index in [9.17, 15) is 19.2 Å². The first kappa shape index (κ1) is 28.9. The van der Waals surface area contributed by atoms with Crippen LogP contribution in [0, 0.1) is 0 Å². The summed E-state index contributed by atoms with van der Waals surface area (Å²) in [5, 5.41) is 0. The summed E-state index contributed by atoms with van der Waals surface area (Å²) in [6, 6.07) is 41.2. The van der Waals surface area contributed by atoms with E-state index in [-0.39, 0.29) is 23.1 Å². The Morgan fingerprint density at radius 3 is 0.896 bits per heavy atom. The van der Waals surface area contributed by atoms with Gasteiger partial charge in [-0.15, -0.1) is 0 Å². The highest BCUT2D eigenvalue weighted by Gasteiger charge is 2.30. The van der Waals surface area contributed by atoms with Gasteiger partial charge in [-0.2, -0.15) is 0 Å². The van der Waals surface area contributed by atoms with Gasteiger partial charge in [0.05, 0.1) is 0 Å². The van der Waals surface area contributed by atoms with E-state index in [1.807, 2.05) is 60.7 Å². The van der Waals surface area contributed by atoms with Crippen molar-refractivity contribution >= 4 is 47.4 Å². The van der Waals surface area contributed by atoms with Crippen molar-refractivity contribution in [3.8, 4) is 11.1 Å². The zero-order chi connectivity index (χ0) is 32.8. The highest BCUT2D eigenvalue weighted by molar-refractivity contribution is 6.29. The SMILES string of the molecule is O=C1c2ccccc2C(=O)c2cc(/C=C/c3ccc(-c4ccc(/C=C/c5ccc6c(c5)C(=O)c5ccccc5C6=O)cc4)cc3)ccc21. The second-order valence-corrected chi connectivity index (χ2v) is 11.9. The van der Waals surface area contributed by atoms with Crippen LogP contribution in [-0.4, -0.2) is 23.1 Å². The molecule has 4 heteroatoms. The predicted molar refractivity (Wildman–Crippen MR) is 189 cm³/mol. The summed E-state index contributed by atoms with van der Waals surface area (Å²) in [6.07, 6.45) is 7.88. The third-order valence-corrected chi connectivity index (χ3v) is 8.99. The molecule has 0 spiro atoms. The van der Waals surface area contributed by atoms with E-state index in [2.05, 4.69) is 24.3 Å². The van der Waals surface area contributed by atoms with E-state index in [1.54, 1.807) is 72.8 Å². The Labute approximate surface area is 277 Å². The molecule has 0 saturated carbocycles. The van der Waals surface area contributed by atoms with Crippen molar-refractivity contribution in [1.82, 2.24) is 0 Å². The summed E-state index contributed by atoms with van der Waals surface area (Å²) < 4.78 is 0. The van der Waals surface area contributed by atoms with E-state index in [4.69, 9.17) is 0 Å². The number of benzene rings is 6. The van der Waals surface area contributed by atoms with Crippen LogP contribution in [0.25, 0.3) is 35.4 Å². The molecular weight excluding hydrogens is 592 g/mol. The van der Waals surface area contributed by atoms with Gasteiger partial charge < -0.3 is 0 Å². The van der Waals surface area contributed by atoms with Gasteiger partial charge in [-0.3, -0.25) is 19.2 Å². The second kappa shape index (κ2) is 11.7. The molecule has 226 valence electrons. The molecule has 2 aliphatic rings. The fourth-order valence-electron chi connectivity index (χ4n) is 6.40. The van der Waals surface area contributed by atoms with Crippen LogP contribution in [0.3, 0.4) is 0 Å². The Hall–Kier alpha value is -6.52. The maximum absolute atomic E-state index is 13.1. The summed E-state index contributed by atoms with van der Waals surface area (Å²) in [4.78, 5) is 52.0. The number of carbonyl (C=O) groups excluding carboxylic acids is 4. The number of carbonyl (C=O) groups is 4. The summed E-state index contributed by atoms with van der Waals surface area (Å²) >= 11 is 0. The molecule has 0 aliphatic heterocycles. The van der Waals surface area contributed by atoms with Crippen molar-refractivity contribution in [2.24, 2.45) is 0 Å². The number of ketones is 4. The van der Waals surface area contributed by atoms with Crippen LogP contribution in [-0.2, 0) is 0 Å². The van der Waals surface area contributed by atoms with Gasteiger partial charge in [0, 0.05) is 44.5 Å². The van der Waals surface area contributed by atoms with E-state index >= 15 is 0 Å². The summed E-state index contributed by atoms with van der Waals surface area (Å²) in [5.41, 5.74) is 9.48. The van der Waals surface area contributed by atoms with Gasteiger partial charge in [-0.25, -0.2) is 0 Å². The molecular formula is C44H26O4. The van der Waals surface area contributed by atoms with Gasteiger partial charge in [0.2, 0.25) is 0 Å². The van der Waals surface area contributed by atoms with Crippen LogP contribution in [0.4, 0.5) is 0 Å². The van der Waals surface area contributed by atoms with Crippen LogP contribution < -0.4 is 0 Å². The normalized spacial score (nSPS) is 13.4. The Morgan fingerprint density at radius 1 is 0.271 bits per heavy atom.